The Balaban J connectivity index is 1.65. The van der Waals surface area contributed by atoms with E-state index in [-0.39, 0.29) is 0 Å². The summed E-state index contributed by atoms with van der Waals surface area (Å²) in [5.74, 6) is 2.80. The van der Waals surface area contributed by atoms with Gasteiger partial charge in [0.1, 0.15) is 0 Å². The maximum Gasteiger partial charge on any atom is 0.0621 e. The molecule has 2 bridgehead atoms. The molecule has 0 heterocycles. The van der Waals surface area contributed by atoms with Crippen molar-refractivity contribution in [3.8, 4) is 6.07 Å². The van der Waals surface area contributed by atoms with Gasteiger partial charge in [0, 0.05) is 6.42 Å². The van der Waals surface area contributed by atoms with Crippen LogP contribution in [0.3, 0.4) is 0 Å². The van der Waals surface area contributed by atoms with E-state index in [9.17, 15) is 0 Å². The SMILES string of the molecule is CC1C=C2CC3CC(CCCCC#N)(C1)CC23. The molecule has 3 rings (SSSR count). The van der Waals surface area contributed by atoms with Crippen LogP contribution in [0.1, 0.15) is 58.3 Å². The van der Waals surface area contributed by atoms with Crippen molar-refractivity contribution >= 4 is 0 Å². The van der Waals surface area contributed by atoms with Gasteiger partial charge in [-0.2, -0.15) is 5.26 Å². The molecule has 3 aliphatic rings. The smallest absolute Gasteiger partial charge is 0.0621 e. The van der Waals surface area contributed by atoms with Crippen molar-refractivity contribution in [2.75, 3.05) is 0 Å². The van der Waals surface area contributed by atoms with Crippen molar-refractivity contribution in [3.63, 3.8) is 0 Å². The van der Waals surface area contributed by atoms with Crippen LogP contribution >= 0.6 is 0 Å². The largest absolute Gasteiger partial charge is 0.198 e. The number of hydrogen-bond acceptors (Lipinski definition) is 1. The average Bonchev–Trinajstić information content (AvgIpc) is 2.49. The molecular formula is C16H23N. The Bertz CT molecular complexity index is 375. The van der Waals surface area contributed by atoms with Gasteiger partial charge in [0.25, 0.3) is 0 Å². The highest BCUT2D eigenvalue weighted by Crippen LogP contribution is 2.63. The molecule has 4 unspecified atom stereocenters. The van der Waals surface area contributed by atoms with Gasteiger partial charge in [-0.05, 0) is 61.7 Å². The van der Waals surface area contributed by atoms with Gasteiger partial charge >= 0.3 is 0 Å². The van der Waals surface area contributed by atoms with Crippen LogP contribution in [0.4, 0.5) is 0 Å². The maximum atomic E-state index is 8.61. The monoisotopic (exact) mass is 229 g/mol. The highest BCUT2D eigenvalue weighted by atomic mass is 14.6. The molecule has 3 aliphatic carbocycles. The van der Waals surface area contributed by atoms with Gasteiger partial charge in [-0.3, -0.25) is 0 Å². The predicted octanol–water partition coefficient (Wildman–Crippen LogP) is 4.45. The molecule has 0 radical (unpaired) electrons. The van der Waals surface area contributed by atoms with Crippen LogP contribution < -0.4 is 0 Å². The molecule has 1 nitrogen and oxygen atoms in total. The molecule has 92 valence electrons. The topological polar surface area (TPSA) is 23.8 Å². The zero-order chi connectivity index (χ0) is 11.9. The maximum absolute atomic E-state index is 8.61. The zero-order valence-corrected chi connectivity index (χ0v) is 10.9. The summed E-state index contributed by atoms with van der Waals surface area (Å²) in [6.45, 7) is 2.40. The molecule has 0 spiro atoms. The van der Waals surface area contributed by atoms with Crippen LogP contribution in [0, 0.1) is 34.5 Å². The second-order valence-electron chi connectivity index (χ2n) is 6.77. The fourth-order valence-electron chi connectivity index (χ4n) is 4.83. The summed E-state index contributed by atoms with van der Waals surface area (Å²) in [6.07, 6.45) is 12.9. The van der Waals surface area contributed by atoms with Gasteiger partial charge in [0.15, 0.2) is 0 Å². The van der Waals surface area contributed by atoms with Gasteiger partial charge in [-0.25, -0.2) is 0 Å². The lowest BCUT2D eigenvalue weighted by atomic mass is 9.69. The summed E-state index contributed by atoms with van der Waals surface area (Å²) >= 11 is 0. The molecule has 0 aromatic heterocycles. The van der Waals surface area contributed by atoms with Crippen LogP contribution in [0.2, 0.25) is 0 Å². The molecule has 0 N–H and O–H groups in total. The third kappa shape index (κ3) is 1.92. The second-order valence-corrected chi connectivity index (χ2v) is 6.77. The van der Waals surface area contributed by atoms with Crippen molar-refractivity contribution in [2.45, 2.75) is 58.3 Å². The molecule has 2 saturated carbocycles. The van der Waals surface area contributed by atoms with Crippen molar-refractivity contribution in [3.05, 3.63) is 11.6 Å². The number of hydrogen-bond donors (Lipinski definition) is 0. The first kappa shape index (κ1) is 11.3. The zero-order valence-electron chi connectivity index (χ0n) is 10.9. The van der Waals surface area contributed by atoms with Crippen molar-refractivity contribution in [1.82, 2.24) is 0 Å². The number of nitrogens with zero attached hydrogens (tertiary/aromatic N) is 1. The first-order valence-electron chi connectivity index (χ1n) is 7.30. The number of unbranched alkanes of at least 4 members (excludes halogenated alkanes) is 2. The third-order valence-electron chi connectivity index (χ3n) is 5.39. The fourth-order valence-corrected chi connectivity index (χ4v) is 4.83. The lowest BCUT2D eigenvalue weighted by molar-refractivity contribution is 0.208. The first-order chi connectivity index (χ1) is 8.22. The molecule has 0 aromatic rings. The molecule has 4 atom stereocenters. The number of fused-ring (bicyclic) bond motifs is 1. The van der Waals surface area contributed by atoms with Crippen molar-refractivity contribution < 1.29 is 0 Å². The Labute approximate surface area is 105 Å². The Morgan fingerprint density at radius 3 is 3.06 bits per heavy atom. The van der Waals surface area contributed by atoms with Crippen LogP contribution in [-0.2, 0) is 0 Å². The van der Waals surface area contributed by atoms with Crippen LogP contribution in [0.5, 0.6) is 0 Å². The summed E-state index contributed by atoms with van der Waals surface area (Å²) in [6, 6.07) is 2.27. The fraction of sp³-hybridized carbons (Fsp3) is 0.812. The lowest BCUT2D eigenvalue weighted by Crippen LogP contribution is -2.25. The number of nitriles is 1. The van der Waals surface area contributed by atoms with E-state index in [1.54, 1.807) is 5.57 Å². The van der Waals surface area contributed by atoms with Gasteiger partial charge in [-0.1, -0.05) is 25.0 Å². The van der Waals surface area contributed by atoms with Gasteiger partial charge < -0.3 is 0 Å². The molecule has 0 amide bonds. The molecular weight excluding hydrogens is 206 g/mol. The van der Waals surface area contributed by atoms with Crippen LogP contribution in [0.25, 0.3) is 0 Å². The Hall–Kier alpha value is -0.770. The Morgan fingerprint density at radius 1 is 1.35 bits per heavy atom. The standard InChI is InChI=1S/C16H23N/c1-12-7-13-8-14-10-16(9-12,11-15(13)14)5-3-2-4-6-17/h7,12,14-15H,2-5,8-11H2,1H3. The predicted molar refractivity (Wildman–Crippen MR) is 69.2 cm³/mol. The normalized spacial score (nSPS) is 42.4. The van der Waals surface area contributed by atoms with E-state index < -0.39 is 0 Å². The number of rotatable bonds is 4. The minimum atomic E-state index is 0.652. The molecule has 0 aromatic carbocycles. The van der Waals surface area contributed by atoms with Crippen LogP contribution in [-0.4, -0.2) is 0 Å². The summed E-state index contributed by atoms with van der Waals surface area (Å²) in [4.78, 5) is 0. The van der Waals surface area contributed by atoms with E-state index in [4.69, 9.17) is 5.26 Å². The summed E-state index contributed by atoms with van der Waals surface area (Å²) in [7, 11) is 0. The van der Waals surface area contributed by atoms with Crippen molar-refractivity contribution in [2.24, 2.45) is 23.2 Å². The first-order valence-corrected chi connectivity index (χ1v) is 7.30. The average molecular weight is 229 g/mol. The summed E-state index contributed by atoms with van der Waals surface area (Å²) in [5, 5.41) is 8.61. The van der Waals surface area contributed by atoms with E-state index in [2.05, 4.69) is 19.1 Å². The second kappa shape index (κ2) is 4.16. The number of allylic oxidation sites excluding steroid dienone is 2. The Kier molecular flexibility index (Phi) is 2.77. The van der Waals surface area contributed by atoms with Gasteiger partial charge in [-0.15, -0.1) is 0 Å². The Morgan fingerprint density at radius 2 is 2.24 bits per heavy atom. The van der Waals surface area contributed by atoms with E-state index >= 15 is 0 Å². The van der Waals surface area contributed by atoms with Crippen molar-refractivity contribution in [1.29, 1.82) is 5.26 Å². The summed E-state index contributed by atoms with van der Waals surface area (Å²) in [5.41, 5.74) is 2.44. The van der Waals surface area contributed by atoms with Gasteiger partial charge in [0.2, 0.25) is 0 Å². The molecule has 2 fully saturated rings. The van der Waals surface area contributed by atoms with E-state index in [0.29, 0.717) is 5.41 Å². The van der Waals surface area contributed by atoms with E-state index in [0.717, 1.165) is 30.6 Å². The van der Waals surface area contributed by atoms with E-state index in [1.807, 2.05) is 0 Å². The van der Waals surface area contributed by atoms with Gasteiger partial charge in [0.05, 0.1) is 6.07 Å². The molecule has 17 heavy (non-hydrogen) atoms. The molecule has 0 aliphatic heterocycles. The quantitative estimate of drug-likeness (QED) is 0.516. The molecule has 0 saturated heterocycles. The lowest BCUT2D eigenvalue weighted by Gasteiger charge is -2.36. The minimum absolute atomic E-state index is 0.652. The molecule has 1 heteroatoms. The summed E-state index contributed by atoms with van der Waals surface area (Å²) < 4.78 is 0. The third-order valence-corrected chi connectivity index (χ3v) is 5.39. The van der Waals surface area contributed by atoms with Crippen LogP contribution in [0.15, 0.2) is 11.6 Å². The van der Waals surface area contributed by atoms with E-state index in [1.165, 1.54) is 38.5 Å². The highest BCUT2D eigenvalue weighted by molar-refractivity contribution is 5.26. The highest BCUT2D eigenvalue weighted by Gasteiger charge is 2.52. The minimum Gasteiger partial charge on any atom is -0.198 e.